The molecule has 0 fully saturated rings. The first-order valence-corrected chi connectivity index (χ1v) is 17.7. The van der Waals surface area contributed by atoms with Crippen molar-refractivity contribution in [3.63, 3.8) is 0 Å². The van der Waals surface area contributed by atoms with Crippen LogP contribution in [-0.2, 0) is 0 Å². The molecule has 7 nitrogen and oxygen atoms in total. The summed E-state index contributed by atoms with van der Waals surface area (Å²) in [6.07, 6.45) is 0. The van der Waals surface area contributed by atoms with Gasteiger partial charge < -0.3 is 30.6 Å². The summed E-state index contributed by atoms with van der Waals surface area (Å²) in [6, 6.07) is 58.6. The quantitative estimate of drug-likeness (QED) is 0.0618. The average molecular weight is 696 g/mol. The molecule has 0 radical (unpaired) electrons. The largest absolute Gasteiger partial charge is 0.504 e. The van der Waals surface area contributed by atoms with Gasteiger partial charge in [-0.2, -0.15) is 0 Å². The van der Waals surface area contributed by atoms with Crippen LogP contribution in [0.2, 0.25) is 0 Å². The van der Waals surface area contributed by atoms with Crippen LogP contribution >= 0.6 is 7.26 Å². The number of para-hydroxylation sites is 1. The van der Waals surface area contributed by atoms with Crippen molar-refractivity contribution in [3.8, 4) is 34.5 Å². The van der Waals surface area contributed by atoms with Crippen molar-refractivity contribution in [1.82, 2.24) is 0 Å². The second kappa shape index (κ2) is 16.7. The highest BCUT2D eigenvalue weighted by Crippen LogP contribution is 2.54. The van der Waals surface area contributed by atoms with Gasteiger partial charge in [-0.3, -0.25) is 4.79 Å². The fraction of sp³-hybridized carbons (Fsp3) is 0. The number of hydrogen-bond acceptors (Lipinski definition) is 7. The molecule has 0 atom stereocenters. The zero-order chi connectivity index (χ0) is 36.2. The molecule has 7 aromatic carbocycles. The highest BCUT2D eigenvalue weighted by molar-refractivity contribution is 8.01. The Morgan fingerprint density at radius 3 is 1.02 bits per heavy atom. The second-order valence-corrected chi connectivity index (χ2v) is 14.6. The lowest BCUT2D eigenvalue weighted by atomic mass is 10.0. The molecular formula is C43H36O7P+. The minimum absolute atomic E-state index is 0.0495. The maximum absolute atomic E-state index is 12.0. The van der Waals surface area contributed by atoms with Crippen LogP contribution in [0.1, 0.15) is 15.9 Å². The monoisotopic (exact) mass is 695 g/mol. The molecule has 0 saturated carbocycles. The summed E-state index contributed by atoms with van der Waals surface area (Å²) in [5, 5.41) is 59.7. The van der Waals surface area contributed by atoms with E-state index in [1.54, 1.807) is 30.3 Å². The molecular weight excluding hydrogens is 659 g/mol. The van der Waals surface area contributed by atoms with Gasteiger partial charge >= 0.3 is 0 Å². The van der Waals surface area contributed by atoms with Crippen LogP contribution in [0.25, 0.3) is 0 Å². The third-order valence-electron chi connectivity index (χ3n) is 7.98. The summed E-state index contributed by atoms with van der Waals surface area (Å²) < 4.78 is 0. The van der Waals surface area contributed by atoms with Crippen LogP contribution in [0.15, 0.2) is 182 Å². The molecule has 0 aliphatic carbocycles. The Balaban J connectivity index is 0.000000167. The maximum atomic E-state index is 12.0. The highest BCUT2D eigenvalue weighted by Gasteiger charge is 2.47. The van der Waals surface area contributed by atoms with Crippen molar-refractivity contribution in [2.75, 3.05) is 0 Å². The van der Waals surface area contributed by atoms with Gasteiger partial charge in [-0.05, 0) is 72.8 Å². The Morgan fingerprint density at radius 1 is 0.333 bits per heavy atom. The summed E-state index contributed by atoms with van der Waals surface area (Å²) in [5.74, 6) is -3.28. The molecule has 0 aromatic heterocycles. The van der Waals surface area contributed by atoms with Crippen LogP contribution in [0.3, 0.4) is 0 Å². The van der Waals surface area contributed by atoms with Gasteiger partial charge in [0.1, 0.15) is 28.5 Å². The number of aromatic hydroxyl groups is 6. The zero-order valence-corrected chi connectivity index (χ0v) is 28.3. The van der Waals surface area contributed by atoms with E-state index in [1.165, 1.54) is 45.5 Å². The van der Waals surface area contributed by atoms with E-state index in [0.717, 1.165) is 6.07 Å². The van der Waals surface area contributed by atoms with Crippen LogP contribution < -0.4 is 21.2 Å². The van der Waals surface area contributed by atoms with Gasteiger partial charge in [0.2, 0.25) is 5.75 Å². The first kappa shape index (κ1) is 35.7. The zero-order valence-electron chi connectivity index (χ0n) is 27.4. The molecule has 0 heterocycles. The molecule has 0 amide bonds. The number of carbonyl (C=O) groups excluding carboxylic acids is 1. The fourth-order valence-corrected chi connectivity index (χ4v) is 9.78. The Kier molecular flexibility index (Phi) is 11.7. The lowest BCUT2D eigenvalue weighted by Gasteiger charge is -2.27. The van der Waals surface area contributed by atoms with Crippen LogP contribution in [0, 0.1) is 0 Å². The summed E-state index contributed by atoms with van der Waals surface area (Å²) >= 11 is 0. The van der Waals surface area contributed by atoms with Gasteiger partial charge in [0, 0.05) is 5.56 Å². The average Bonchev–Trinajstić information content (AvgIpc) is 3.19. The Labute approximate surface area is 296 Å². The molecule has 0 bridgehead atoms. The van der Waals surface area contributed by atoms with Gasteiger partial charge in [0.15, 0.2) is 34.5 Å². The number of phenols is 6. The van der Waals surface area contributed by atoms with Crippen LogP contribution in [0.4, 0.5) is 0 Å². The molecule has 7 rings (SSSR count). The molecule has 0 aliphatic rings. The predicted molar refractivity (Wildman–Crippen MR) is 204 cm³/mol. The number of phenolic OH excluding ortho intramolecular Hbond substituents is 6. The van der Waals surface area contributed by atoms with E-state index in [9.17, 15) is 15.0 Å². The van der Waals surface area contributed by atoms with Gasteiger partial charge in [-0.15, -0.1) is 0 Å². The third-order valence-corrected chi connectivity index (χ3v) is 12.3. The van der Waals surface area contributed by atoms with Gasteiger partial charge in [0.05, 0.1) is 5.56 Å². The summed E-state index contributed by atoms with van der Waals surface area (Å²) in [7, 11) is -1.91. The maximum Gasteiger partial charge on any atom is 0.201 e. The van der Waals surface area contributed by atoms with E-state index < -0.39 is 36.0 Å². The normalized spacial score (nSPS) is 10.5. The van der Waals surface area contributed by atoms with Crippen molar-refractivity contribution >= 4 is 34.3 Å². The molecule has 254 valence electrons. The Morgan fingerprint density at radius 2 is 0.667 bits per heavy atom. The smallest absolute Gasteiger partial charge is 0.201 e. The van der Waals surface area contributed by atoms with Crippen molar-refractivity contribution < 1.29 is 35.4 Å². The molecule has 7 aromatic rings. The number of carbonyl (C=O) groups is 1. The van der Waals surface area contributed by atoms with Crippen LogP contribution in [0.5, 0.6) is 34.5 Å². The van der Waals surface area contributed by atoms with Crippen molar-refractivity contribution in [3.05, 3.63) is 193 Å². The topological polar surface area (TPSA) is 138 Å². The molecule has 0 unspecified atom stereocenters. The minimum atomic E-state index is -1.91. The fourth-order valence-electron chi connectivity index (χ4n) is 5.52. The SMILES string of the molecule is O=C(c1ccccc1)c1ccc(O)c(O)c1O.Oc1cccc(O)c1O.c1ccc([P+](c2ccccc2)(c2ccccc2)c2ccccc2)cc1. The van der Waals surface area contributed by atoms with E-state index in [-0.39, 0.29) is 17.1 Å². The number of benzene rings is 7. The van der Waals surface area contributed by atoms with Crippen LogP contribution in [-0.4, -0.2) is 36.4 Å². The van der Waals surface area contributed by atoms with Crippen molar-refractivity contribution in [1.29, 1.82) is 0 Å². The first-order chi connectivity index (χ1) is 24.7. The molecule has 51 heavy (non-hydrogen) atoms. The van der Waals surface area contributed by atoms with Gasteiger partial charge in [-0.1, -0.05) is 109 Å². The second-order valence-electron chi connectivity index (χ2n) is 11.2. The Hall–Kier alpha value is -6.56. The molecule has 8 heteroatoms. The summed E-state index contributed by atoms with van der Waals surface area (Å²) in [4.78, 5) is 12.0. The van der Waals surface area contributed by atoms with E-state index in [1.807, 2.05) is 0 Å². The van der Waals surface area contributed by atoms with E-state index in [4.69, 9.17) is 20.4 Å². The Bertz CT molecular complexity index is 1980. The number of ketones is 1. The third kappa shape index (κ3) is 8.02. The standard InChI is InChI=1S/C24H20P.C13H10O4.C6H6O3/c1-5-13-21(14-6-1)25(22-15-7-2-8-16-22,23-17-9-3-10-18-23)24-19-11-4-12-20-24;14-10-7-6-9(12(16)13(10)17)11(15)8-4-2-1-3-5-8;7-4-2-1-3-5(8)6(4)9/h1-20H;1-7,14,16-17H;1-3,7-9H/q+1;;. The van der Waals surface area contributed by atoms with Gasteiger partial charge in [-0.25, -0.2) is 0 Å². The van der Waals surface area contributed by atoms with Gasteiger partial charge in [0.25, 0.3) is 0 Å². The molecule has 0 aliphatic heterocycles. The van der Waals surface area contributed by atoms with Crippen molar-refractivity contribution in [2.24, 2.45) is 0 Å². The summed E-state index contributed by atoms with van der Waals surface area (Å²) in [6.45, 7) is 0. The number of rotatable bonds is 6. The molecule has 6 N–H and O–H groups in total. The van der Waals surface area contributed by atoms with Crippen molar-refractivity contribution in [2.45, 2.75) is 0 Å². The lowest BCUT2D eigenvalue weighted by molar-refractivity contribution is 0.103. The lowest BCUT2D eigenvalue weighted by Crippen LogP contribution is -2.38. The predicted octanol–water partition coefficient (Wildman–Crippen LogP) is 7.14. The molecule has 0 spiro atoms. The highest BCUT2D eigenvalue weighted by atomic mass is 31.2. The minimum Gasteiger partial charge on any atom is -0.504 e. The molecule has 0 saturated heterocycles. The van der Waals surface area contributed by atoms with E-state index in [0.29, 0.717) is 5.56 Å². The number of hydrogen-bond donors (Lipinski definition) is 6. The summed E-state index contributed by atoms with van der Waals surface area (Å²) in [5.41, 5.74) is 0.347. The van der Waals surface area contributed by atoms with E-state index in [2.05, 4.69) is 121 Å². The first-order valence-electron chi connectivity index (χ1n) is 15.9. The van der Waals surface area contributed by atoms with E-state index >= 15 is 0 Å².